The van der Waals surface area contributed by atoms with Gasteiger partial charge in [-0.2, -0.15) is 0 Å². The number of hydrogen-bond acceptors (Lipinski definition) is 2. The minimum absolute atomic E-state index is 0. The first-order chi connectivity index (χ1) is 13.8. The Morgan fingerprint density at radius 3 is 1.48 bits per heavy atom. The molecule has 0 amide bonds. The summed E-state index contributed by atoms with van der Waals surface area (Å²) in [6, 6.07) is 32.7. The molecule has 4 heteroatoms. The third-order valence-electron chi connectivity index (χ3n) is 4.96. The highest BCUT2D eigenvalue weighted by Gasteiger charge is 2.45. The normalized spacial score (nSPS) is 11.3. The fraction of sp³-hybridized carbons (Fsp3) is 0.280. The molecule has 0 bridgehead atoms. The highest BCUT2D eigenvalue weighted by molar-refractivity contribution is 7.88. The van der Waals surface area contributed by atoms with E-state index >= 15 is 0 Å². The first kappa shape index (κ1) is 23.8. The van der Waals surface area contributed by atoms with Gasteiger partial charge in [0.05, 0.1) is 24.0 Å². The lowest BCUT2D eigenvalue weighted by Crippen LogP contribution is -3.00. The van der Waals surface area contributed by atoms with Crippen molar-refractivity contribution in [1.29, 1.82) is 0 Å². The van der Waals surface area contributed by atoms with Gasteiger partial charge in [0.2, 0.25) is 0 Å². The fourth-order valence-corrected chi connectivity index (χ4v) is 7.96. The van der Waals surface area contributed by atoms with Crippen LogP contribution in [0.5, 0.6) is 0 Å². The van der Waals surface area contributed by atoms with Crippen molar-refractivity contribution in [2.45, 2.75) is 26.3 Å². The highest BCUT2D eigenvalue weighted by Crippen LogP contribution is 2.60. The van der Waals surface area contributed by atoms with E-state index in [9.17, 15) is 0 Å². The molecule has 2 nitrogen and oxygen atoms in total. The summed E-state index contributed by atoms with van der Waals surface area (Å²) < 4.78 is 12.0. The molecule has 0 aliphatic carbocycles. The number of halogens is 1. The minimum Gasteiger partial charge on any atom is -1.00 e. The van der Waals surface area contributed by atoms with E-state index in [1.807, 2.05) is 13.8 Å². The third kappa shape index (κ3) is 6.23. The van der Waals surface area contributed by atoms with Gasteiger partial charge >= 0.3 is 0 Å². The van der Waals surface area contributed by atoms with Crippen LogP contribution in [0.3, 0.4) is 0 Å². The van der Waals surface area contributed by atoms with E-state index in [1.165, 1.54) is 16.2 Å². The van der Waals surface area contributed by atoms with E-state index in [0.29, 0.717) is 13.2 Å². The molecule has 0 radical (unpaired) electrons. The molecule has 3 aromatic carbocycles. The van der Waals surface area contributed by atoms with Crippen molar-refractivity contribution in [1.82, 2.24) is 0 Å². The van der Waals surface area contributed by atoms with Crippen LogP contribution in [0.2, 0.25) is 0 Å². The van der Waals surface area contributed by atoms with Gasteiger partial charge in [0.1, 0.15) is 6.16 Å². The van der Waals surface area contributed by atoms with E-state index in [-0.39, 0.29) is 23.3 Å². The first-order valence-electron chi connectivity index (χ1n) is 10.0. The van der Waals surface area contributed by atoms with Gasteiger partial charge in [-0.1, -0.05) is 66.7 Å². The molecule has 0 unspecified atom stereocenters. The minimum atomic E-state index is -1.79. The van der Waals surface area contributed by atoms with Crippen molar-refractivity contribution in [2.24, 2.45) is 0 Å². The summed E-state index contributed by atoms with van der Waals surface area (Å²) in [5.41, 5.74) is 1.36. The zero-order valence-corrected chi connectivity index (χ0v) is 19.7. The second kappa shape index (κ2) is 12.2. The Hall–Kier alpha value is -1.51. The lowest BCUT2D eigenvalue weighted by atomic mass is 10.2. The van der Waals surface area contributed by atoms with Gasteiger partial charge in [0.25, 0.3) is 0 Å². The zero-order chi connectivity index (χ0) is 19.7. The summed E-state index contributed by atoms with van der Waals surface area (Å²) in [4.78, 5) is 0. The SMILES string of the molecule is CCOC(C[P+](Cc1ccccc1)(c1ccccc1)c1ccccc1)OCC.[Br-]. The molecule has 0 aromatic heterocycles. The molecule has 3 aromatic rings. The fourth-order valence-electron chi connectivity index (χ4n) is 3.71. The average Bonchev–Trinajstić information content (AvgIpc) is 2.75. The van der Waals surface area contributed by atoms with Gasteiger partial charge in [0, 0.05) is 13.2 Å². The van der Waals surface area contributed by atoms with Crippen LogP contribution < -0.4 is 27.6 Å². The monoisotopic (exact) mass is 472 g/mol. The lowest BCUT2D eigenvalue weighted by molar-refractivity contribution is -0.120. The molecular weight excluding hydrogens is 443 g/mol. The molecule has 0 saturated carbocycles. The molecule has 0 atom stereocenters. The Labute approximate surface area is 186 Å². The maximum atomic E-state index is 6.02. The Balaban J connectivity index is 0.00000300. The second-order valence-electron chi connectivity index (χ2n) is 6.81. The Morgan fingerprint density at radius 2 is 1.07 bits per heavy atom. The van der Waals surface area contributed by atoms with Crippen molar-refractivity contribution in [3.63, 3.8) is 0 Å². The standard InChI is InChI=1S/C25H30O2P.BrH/c1-3-26-25(27-4-2)21-28(23-16-10-6-11-17-23,24-18-12-7-13-19-24)20-22-14-8-5-9-15-22;/h5-19,25H,3-4,20-21H2,1-2H3;1H/q+1;/p-1. The summed E-state index contributed by atoms with van der Waals surface area (Å²) in [5, 5.41) is 2.80. The number of hydrogen-bond donors (Lipinski definition) is 0. The maximum absolute atomic E-state index is 6.02. The Kier molecular flexibility index (Phi) is 10.0. The van der Waals surface area contributed by atoms with Gasteiger partial charge in [-0.05, 0) is 43.7 Å². The predicted octanol–water partition coefficient (Wildman–Crippen LogP) is 2.26. The van der Waals surface area contributed by atoms with Crippen molar-refractivity contribution < 1.29 is 26.5 Å². The van der Waals surface area contributed by atoms with E-state index in [4.69, 9.17) is 9.47 Å². The highest BCUT2D eigenvalue weighted by atomic mass is 79.9. The van der Waals surface area contributed by atoms with E-state index in [0.717, 1.165) is 12.3 Å². The van der Waals surface area contributed by atoms with E-state index < -0.39 is 7.26 Å². The molecule has 0 heterocycles. The Bertz CT molecular complexity index is 767. The van der Waals surface area contributed by atoms with Gasteiger partial charge < -0.3 is 26.5 Å². The van der Waals surface area contributed by atoms with Crippen LogP contribution in [-0.4, -0.2) is 25.7 Å². The van der Waals surface area contributed by atoms with Crippen LogP contribution in [-0.2, 0) is 15.6 Å². The molecule has 0 fully saturated rings. The topological polar surface area (TPSA) is 18.5 Å². The quantitative estimate of drug-likeness (QED) is 0.332. The van der Waals surface area contributed by atoms with Crippen molar-refractivity contribution in [3.8, 4) is 0 Å². The number of rotatable bonds is 10. The molecular formula is C25H30BrO2P. The van der Waals surface area contributed by atoms with Crippen molar-refractivity contribution in [3.05, 3.63) is 96.6 Å². The largest absolute Gasteiger partial charge is 1.00 e. The second-order valence-corrected chi connectivity index (χ2v) is 10.5. The number of ether oxygens (including phenoxy) is 2. The first-order valence-corrected chi connectivity index (χ1v) is 12.2. The number of benzene rings is 3. The molecule has 154 valence electrons. The van der Waals surface area contributed by atoms with Gasteiger partial charge in [-0.3, -0.25) is 0 Å². The summed E-state index contributed by atoms with van der Waals surface area (Å²) in [7, 11) is -1.79. The van der Waals surface area contributed by atoms with Crippen LogP contribution in [0, 0.1) is 0 Å². The summed E-state index contributed by atoms with van der Waals surface area (Å²) in [6.45, 7) is 5.38. The van der Waals surface area contributed by atoms with Crippen LogP contribution in [0.4, 0.5) is 0 Å². The van der Waals surface area contributed by atoms with Crippen LogP contribution in [0.1, 0.15) is 19.4 Å². The molecule has 0 spiro atoms. The van der Waals surface area contributed by atoms with Gasteiger partial charge in [-0.15, -0.1) is 0 Å². The Morgan fingerprint density at radius 1 is 0.655 bits per heavy atom. The molecule has 0 N–H and O–H groups in total. The lowest BCUT2D eigenvalue weighted by Gasteiger charge is -2.31. The summed E-state index contributed by atoms with van der Waals surface area (Å²) >= 11 is 0. The molecule has 0 aliphatic rings. The van der Waals surface area contributed by atoms with Gasteiger partial charge in [-0.25, -0.2) is 0 Å². The van der Waals surface area contributed by atoms with Crippen LogP contribution in [0.15, 0.2) is 91.0 Å². The van der Waals surface area contributed by atoms with E-state index in [2.05, 4.69) is 91.0 Å². The predicted molar refractivity (Wildman–Crippen MR) is 121 cm³/mol. The zero-order valence-electron chi connectivity index (χ0n) is 17.2. The smallest absolute Gasteiger partial charge is 0.192 e. The average molecular weight is 473 g/mol. The molecule has 29 heavy (non-hydrogen) atoms. The van der Waals surface area contributed by atoms with E-state index in [1.54, 1.807) is 0 Å². The summed E-state index contributed by atoms with van der Waals surface area (Å²) in [5.74, 6) is 0. The summed E-state index contributed by atoms with van der Waals surface area (Å²) in [6.07, 6.45) is 1.67. The van der Waals surface area contributed by atoms with Crippen molar-refractivity contribution in [2.75, 3.05) is 19.4 Å². The van der Waals surface area contributed by atoms with Crippen LogP contribution in [0.25, 0.3) is 0 Å². The van der Waals surface area contributed by atoms with Crippen molar-refractivity contribution >= 4 is 17.9 Å². The van der Waals surface area contributed by atoms with Gasteiger partial charge in [0.15, 0.2) is 6.29 Å². The third-order valence-corrected chi connectivity index (χ3v) is 9.36. The van der Waals surface area contributed by atoms with Crippen LogP contribution >= 0.6 is 7.26 Å². The molecule has 3 rings (SSSR count). The molecule has 0 saturated heterocycles. The molecule has 0 aliphatic heterocycles. The maximum Gasteiger partial charge on any atom is 0.192 e.